The number of esters is 2. The Balaban J connectivity index is 4.11. The van der Waals surface area contributed by atoms with Gasteiger partial charge in [-0.3, -0.25) is 18.6 Å². The highest BCUT2D eigenvalue weighted by Gasteiger charge is 2.27. The van der Waals surface area contributed by atoms with Crippen LogP contribution in [0.25, 0.3) is 0 Å². The van der Waals surface area contributed by atoms with E-state index in [0.29, 0.717) is 17.4 Å². The molecule has 2 unspecified atom stereocenters. The molecule has 420 valence electrons. The van der Waals surface area contributed by atoms with Crippen molar-refractivity contribution >= 4 is 19.8 Å². The maximum atomic E-state index is 12.8. The van der Waals surface area contributed by atoms with E-state index in [4.69, 9.17) is 18.5 Å². The molecule has 0 aliphatic rings. The number of nitrogens with zero attached hydrogens (tertiary/aromatic N) is 1. The van der Waals surface area contributed by atoms with Crippen LogP contribution in [0.5, 0.6) is 0 Å². The number of allylic oxidation sites excluding steroid dienone is 10. The molecule has 0 aromatic carbocycles. The Hall–Kier alpha value is -2.29. The Kier molecular flexibility index (Phi) is 51.8. The maximum absolute atomic E-state index is 12.8. The molecule has 0 saturated heterocycles. The summed E-state index contributed by atoms with van der Waals surface area (Å²) in [6.45, 7) is 4.31. The van der Waals surface area contributed by atoms with Crippen LogP contribution in [0, 0.1) is 0 Å². The lowest BCUT2D eigenvalue weighted by atomic mass is 10.0. The molecule has 0 aliphatic heterocycles. The smallest absolute Gasteiger partial charge is 0.462 e. The van der Waals surface area contributed by atoms with Crippen LogP contribution in [0.4, 0.5) is 0 Å². The number of rotatable bonds is 55. The first-order valence-electron chi connectivity index (χ1n) is 30.0. The minimum absolute atomic E-state index is 0.0238. The van der Waals surface area contributed by atoms with E-state index in [1.54, 1.807) is 0 Å². The molecule has 0 aliphatic carbocycles. The Morgan fingerprint density at radius 1 is 0.444 bits per heavy atom. The van der Waals surface area contributed by atoms with Gasteiger partial charge in [-0.1, -0.05) is 261 Å². The zero-order chi connectivity index (χ0) is 52.7. The number of quaternary nitrogens is 1. The molecule has 0 aromatic heterocycles. The molecule has 10 heteroatoms. The normalized spacial score (nSPS) is 13.7. The van der Waals surface area contributed by atoms with Gasteiger partial charge in [-0.05, 0) is 57.8 Å². The largest absolute Gasteiger partial charge is 0.472 e. The molecule has 1 N–H and O–H groups in total. The predicted molar refractivity (Wildman–Crippen MR) is 307 cm³/mol. The van der Waals surface area contributed by atoms with Crippen molar-refractivity contribution in [2.75, 3.05) is 47.5 Å². The number of carbonyl (C=O) groups is 2. The summed E-state index contributed by atoms with van der Waals surface area (Å²) in [5, 5.41) is 0. The van der Waals surface area contributed by atoms with Crippen molar-refractivity contribution in [1.82, 2.24) is 0 Å². The van der Waals surface area contributed by atoms with Crippen molar-refractivity contribution in [3.05, 3.63) is 60.8 Å². The van der Waals surface area contributed by atoms with Crippen molar-refractivity contribution in [2.24, 2.45) is 0 Å². The Bertz CT molecular complexity index is 1400. The SMILES string of the molecule is CC/C=C\C/C=C\C/C=C\C/C=C\C/C=C\CCCCCC(=O)OC(COC(=O)CCCCCCCCCCCCCCCCCCCCCCCCCCCCCCC)COP(=O)(O)OCC[N+](C)(C)C. The lowest BCUT2D eigenvalue weighted by Crippen LogP contribution is -2.37. The molecule has 0 aromatic rings. The van der Waals surface area contributed by atoms with Crippen molar-refractivity contribution in [3.63, 3.8) is 0 Å². The number of hydrogen-bond donors (Lipinski definition) is 1. The molecule has 0 spiro atoms. The maximum Gasteiger partial charge on any atom is 0.472 e. The third kappa shape index (κ3) is 57.0. The molecule has 9 nitrogen and oxygen atoms in total. The molecular weight excluding hydrogens is 918 g/mol. The average Bonchev–Trinajstić information content (AvgIpc) is 3.34. The first-order chi connectivity index (χ1) is 35.0. The number of hydrogen-bond acceptors (Lipinski definition) is 7. The van der Waals surface area contributed by atoms with Gasteiger partial charge in [0.05, 0.1) is 27.7 Å². The fraction of sp³-hybridized carbons (Fsp3) is 0.806. The van der Waals surface area contributed by atoms with E-state index in [1.807, 2.05) is 21.1 Å². The van der Waals surface area contributed by atoms with Crippen LogP contribution in [0.1, 0.15) is 271 Å². The summed E-state index contributed by atoms with van der Waals surface area (Å²) in [7, 11) is 1.46. The van der Waals surface area contributed by atoms with Gasteiger partial charge >= 0.3 is 19.8 Å². The topological polar surface area (TPSA) is 108 Å². The van der Waals surface area contributed by atoms with Crippen LogP contribution in [0.2, 0.25) is 0 Å². The predicted octanol–water partition coefficient (Wildman–Crippen LogP) is 18.7. The highest BCUT2D eigenvalue weighted by Crippen LogP contribution is 2.43. The summed E-state index contributed by atoms with van der Waals surface area (Å²) >= 11 is 0. The van der Waals surface area contributed by atoms with E-state index in [1.165, 1.54) is 167 Å². The van der Waals surface area contributed by atoms with E-state index in [2.05, 4.69) is 74.6 Å². The van der Waals surface area contributed by atoms with E-state index in [0.717, 1.165) is 70.6 Å². The highest BCUT2D eigenvalue weighted by molar-refractivity contribution is 7.47. The van der Waals surface area contributed by atoms with Crippen LogP contribution in [0.15, 0.2) is 60.8 Å². The lowest BCUT2D eigenvalue weighted by Gasteiger charge is -2.24. The fourth-order valence-electron chi connectivity index (χ4n) is 8.46. The van der Waals surface area contributed by atoms with Gasteiger partial charge < -0.3 is 18.9 Å². The molecule has 0 bridgehead atoms. The second-order valence-corrected chi connectivity index (χ2v) is 22.8. The van der Waals surface area contributed by atoms with E-state index in [9.17, 15) is 19.0 Å². The number of phosphoric ester groups is 1. The summed E-state index contributed by atoms with van der Waals surface area (Å²) in [6, 6.07) is 0. The van der Waals surface area contributed by atoms with Gasteiger partial charge in [-0.25, -0.2) is 4.57 Å². The van der Waals surface area contributed by atoms with Gasteiger partial charge in [0.2, 0.25) is 0 Å². The van der Waals surface area contributed by atoms with Crippen molar-refractivity contribution in [1.29, 1.82) is 0 Å². The number of unbranched alkanes of at least 4 members (excludes halogenated alkanes) is 31. The lowest BCUT2D eigenvalue weighted by molar-refractivity contribution is -0.870. The molecule has 0 saturated carbocycles. The van der Waals surface area contributed by atoms with Gasteiger partial charge in [0.25, 0.3) is 0 Å². The van der Waals surface area contributed by atoms with Gasteiger partial charge in [0.15, 0.2) is 6.10 Å². The van der Waals surface area contributed by atoms with E-state index in [-0.39, 0.29) is 32.0 Å². The third-order valence-corrected chi connectivity index (χ3v) is 14.0. The Labute approximate surface area is 445 Å². The van der Waals surface area contributed by atoms with Gasteiger partial charge in [-0.15, -0.1) is 0 Å². The summed E-state index contributed by atoms with van der Waals surface area (Å²) in [6.07, 6.45) is 68.8. The monoisotopic (exact) mass is 1030 g/mol. The quantitative estimate of drug-likeness (QED) is 0.0211. The molecule has 0 radical (unpaired) electrons. The zero-order valence-corrected chi connectivity index (χ0v) is 48.6. The Morgan fingerprint density at radius 2 is 0.792 bits per heavy atom. The molecule has 0 amide bonds. The van der Waals surface area contributed by atoms with E-state index < -0.39 is 26.5 Å². The van der Waals surface area contributed by atoms with Crippen molar-refractivity contribution < 1.29 is 42.1 Å². The van der Waals surface area contributed by atoms with Crippen molar-refractivity contribution in [3.8, 4) is 0 Å². The fourth-order valence-corrected chi connectivity index (χ4v) is 9.20. The highest BCUT2D eigenvalue weighted by atomic mass is 31.2. The van der Waals surface area contributed by atoms with Gasteiger partial charge in [0, 0.05) is 12.8 Å². The third-order valence-electron chi connectivity index (χ3n) is 13.1. The Morgan fingerprint density at radius 3 is 1.18 bits per heavy atom. The van der Waals surface area contributed by atoms with Crippen LogP contribution in [0.3, 0.4) is 0 Å². The molecule has 2 atom stereocenters. The zero-order valence-electron chi connectivity index (χ0n) is 47.7. The number of likely N-dealkylation sites (N-methyl/N-ethyl adjacent to an activating group) is 1. The molecule has 0 heterocycles. The molecule has 0 fully saturated rings. The van der Waals surface area contributed by atoms with Crippen molar-refractivity contribution in [2.45, 2.75) is 277 Å². The number of carbonyl (C=O) groups excluding carboxylic acids is 2. The minimum Gasteiger partial charge on any atom is -0.462 e. The van der Waals surface area contributed by atoms with Crippen LogP contribution < -0.4 is 0 Å². The van der Waals surface area contributed by atoms with Gasteiger partial charge in [0.1, 0.15) is 19.8 Å². The standard InChI is InChI=1S/C62H114NO8P/c1-6-8-10-12-14-16-18-20-22-24-26-27-28-29-30-31-32-33-34-35-37-38-40-42-44-46-48-50-52-54-61(64)68-58-60(59-70-72(66,67)69-57-56-63(3,4)5)71-62(65)55-53-51-49-47-45-43-41-39-36-25-23-21-19-17-15-13-11-9-7-2/h9,11,15,17,21,23,36,39,43,45,60H,6-8,10,12-14,16,18-20,22,24-35,37-38,40-42,44,46-59H2,1-5H3/p+1/b11-9-,17-15-,23-21-,39-36-,45-43-. The number of ether oxygens (including phenoxy) is 2. The second-order valence-electron chi connectivity index (χ2n) is 21.4. The summed E-state index contributed by atoms with van der Waals surface area (Å²) in [5.74, 6) is -0.827. The second kappa shape index (κ2) is 53.5. The van der Waals surface area contributed by atoms with E-state index >= 15 is 0 Å². The first-order valence-corrected chi connectivity index (χ1v) is 31.5. The summed E-state index contributed by atoms with van der Waals surface area (Å²) < 4.78 is 34.5. The molecule has 72 heavy (non-hydrogen) atoms. The minimum atomic E-state index is -4.40. The van der Waals surface area contributed by atoms with Crippen LogP contribution in [-0.2, 0) is 32.7 Å². The molecular formula is C62H115NO8P+. The summed E-state index contributed by atoms with van der Waals surface area (Å²) in [4.78, 5) is 35.7. The van der Waals surface area contributed by atoms with Crippen LogP contribution in [-0.4, -0.2) is 74.9 Å². The van der Waals surface area contributed by atoms with Crippen LogP contribution >= 0.6 is 7.82 Å². The first kappa shape index (κ1) is 69.7. The average molecular weight is 1030 g/mol. The summed E-state index contributed by atoms with van der Waals surface area (Å²) in [5.41, 5.74) is 0. The molecule has 0 rings (SSSR count). The van der Waals surface area contributed by atoms with Gasteiger partial charge in [-0.2, -0.15) is 0 Å². The number of phosphoric acid groups is 1.